The fraction of sp³-hybridized carbons (Fsp3) is 0.375. The van der Waals surface area contributed by atoms with Gasteiger partial charge < -0.3 is 10.2 Å². The third kappa shape index (κ3) is 2.83. The van der Waals surface area contributed by atoms with E-state index in [-0.39, 0.29) is 11.9 Å². The van der Waals surface area contributed by atoms with Gasteiger partial charge in [-0.25, -0.2) is 0 Å². The number of nitrogens with zero attached hydrogens (tertiary/aromatic N) is 2. The van der Waals surface area contributed by atoms with E-state index >= 15 is 0 Å². The number of hydrogen-bond acceptors (Lipinski definition) is 3. The van der Waals surface area contributed by atoms with Gasteiger partial charge in [0.2, 0.25) is 5.91 Å². The Labute approximate surface area is 119 Å². The topological polar surface area (TPSA) is 56.1 Å². The van der Waals surface area contributed by atoms with Gasteiger partial charge >= 0.3 is 0 Å². The molecule has 1 aromatic carbocycles. The molecule has 1 amide bonds. The minimum atomic E-state index is -0.669. The lowest BCUT2D eigenvalue weighted by Crippen LogP contribution is -2.35. The lowest BCUT2D eigenvalue weighted by atomic mass is 9.98. The molecular formula is C16H19N3O. The van der Waals surface area contributed by atoms with Crippen LogP contribution in [0.5, 0.6) is 0 Å². The molecule has 2 atom stereocenters. The number of rotatable bonds is 4. The van der Waals surface area contributed by atoms with Crippen LogP contribution in [0.1, 0.15) is 25.5 Å². The maximum absolute atomic E-state index is 11.7. The van der Waals surface area contributed by atoms with Gasteiger partial charge in [0.25, 0.3) is 0 Å². The first-order valence-corrected chi connectivity index (χ1v) is 6.92. The van der Waals surface area contributed by atoms with Crippen molar-refractivity contribution in [1.82, 2.24) is 5.32 Å². The zero-order chi connectivity index (χ0) is 14.5. The van der Waals surface area contributed by atoms with E-state index < -0.39 is 5.92 Å². The maximum atomic E-state index is 11.7. The van der Waals surface area contributed by atoms with Crippen LogP contribution in [0, 0.1) is 17.2 Å². The van der Waals surface area contributed by atoms with E-state index in [1.54, 1.807) is 6.08 Å². The van der Waals surface area contributed by atoms with Crippen LogP contribution in [0.4, 0.5) is 5.69 Å². The van der Waals surface area contributed by atoms with Gasteiger partial charge in [0.1, 0.15) is 5.92 Å². The normalized spacial score (nSPS) is 21.1. The van der Waals surface area contributed by atoms with Crippen molar-refractivity contribution in [2.75, 3.05) is 18.0 Å². The van der Waals surface area contributed by atoms with Crippen LogP contribution in [0.15, 0.2) is 36.4 Å². The standard InChI is InChI=1S/C16H19N3O/c1-3-19(4-2)14-7-5-6-12(10-14)15-9-8-13(11-17)16(20)18-15/h5-10,13,15H,3-4H2,1-2H3,(H,18,20). The van der Waals surface area contributed by atoms with Crippen LogP contribution in [-0.4, -0.2) is 19.0 Å². The first kappa shape index (κ1) is 14.1. The Morgan fingerprint density at radius 2 is 2.05 bits per heavy atom. The van der Waals surface area contributed by atoms with Crippen LogP contribution in [0.3, 0.4) is 0 Å². The summed E-state index contributed by atoms with van der Waals surface area (Å²) >= 11 is 0. The van der Waals surface area contributed by atoms with E-state index in [9.17, 15) is 4.79 Å². The average molecular weight is 269 g/mol. The zero-order valence-electron chi connectivity index (χ0n) is 11.8. The average Bonchev–Trinajstić information content (AvgIpc) is 2.49. The van der Waals surface area contributed by atoms with Crippen LogP contribution >= 0.6 is 0 Å². The van der Waals surface area contributed by atoms with Crippen LogP contribution in [0.25, 0.3) is 0 Å². The minimum absolute atomic E-state index is 0.150. The monoisotopic (exact) mass is 269 g/mol. The predicted octanol–water partition coefficient (Wildman–Crippen LogP) is 2.40. The lowest BCUT2D eigenvalue weighted by Gasteiger charge is -2.25. The molecular weight excluding hydrogens is 250 g/mol. The summed E-state index contributed by atoms with van der Waals surface area (Å²) in [4.78, 5) is 14.0. The third-order valence-corrected chi connectivity index (χ3v) is 3.57. The Bertz CT molecular complexity index is 555. The quantitative estimate of drug-likeness (QED) is 0.854. The highest BCUT2D eigenvalue weighted by atomic mass is 16.1. The van der Waals surface area contributed by atoms with E-state index in [2.05, 4.69) is 36.2 Å². The number of carbonyl (C=O) groups excluding carboxylic acids is 1. The Hall–Kier alpha value is -2.28. The fourth-order valence-electron chi connectivity index (χ4n) is 2.40. The summed E-state index contributed by atoms with van der Waals surface area (Å²) in [7, 11) is 0. The Kier molecular flexibility index (Phi) is 4.41. The van der Waals surface area contributed by atoms with E-state index in [4.69, 9.17) is 5.26 Å². The second-order valence-corrected chi connectivity index (χ2v) is 4.75. The minimum Gasteiger partial charge on any atom is -0.372 e. The molecule has 4 nitrogen and oxygen atoms in total. The summed E-state index contributed by atoms with van der Waals surface area (Å²) in [5.41, 5.74) is 2.19. The molecule has 0 spiro atoms. The van der Waals surface area contributed by atoms with Gasteiger partial charge in [0.15, 0.2) is 0 Å². The Morgan fingerprint density at radius 3 is 2.65 bits per heavy atom. The summed E-state index contributed by atoms with van der Waals surface area (Å²) < 4.78 is 0. The van der Waals surface area contributed by atoms with Gasteiger partial charge in [-0.15, -0.1) is 0 Å². The van der Waals surface area contributed by atoms with Crippen LogP contribution in [-0.2, 0) is 4.79 Å². The molecule has 1 heterocycles. The van der Waals surface area contributed by atoms with E-state index in [1.807, 2.05) is 24.3 Å². The summed E-state index contributed by atoms with van der Waals surface area (Å²) in [6.07, 6.45) is 3.56. The molecule has 20 heavy (non-hydrogen) atoms. The summed E-state index contributed by atoms with van der Waals surface area (Å²) in [5.74, 6) is -0.898. The SMILES string of the molecule is CCN(CC)c1cccc(C2C=CC(C#N)C(=O)N2)c1. The Balaban J connectivity index is 2.24. The van der Waals surface area contributed by atoms with Crippen molar-refractivity contribution in [2.45, 2.75) is 19.9 Å². The number of carbonyl (C=O) groups is 1. The molecule has 0 fully saturated rings. The van der Waals surface area contributed by atoms with Crippen molar-refractivity contribution in [1.29, 1.82) is 5.26 Å². The second-order valence-electron chi connectivity index (χ2n) is 4.75. The molecule has 4 heteroatoms. The van der Waals surface area contributed by atoms with Crippen molar-refractivity contribution in [3.8, 4) is 6.07 Å². The summed E-state index contributed by atoms with van der Waals surface area (Å²) in [6, 6.07) is 9.98. The smallest absolute Gasteiger partial charge is 0.241 e. The zero-order valence-corrected chi connectivity index (χ0v) is 11.8. The highest BCUT2D eigenvalue weighted by molar-refractivity contribution is 5.84. The molecule has 0 saturated heterocycles. The molecule has 0 saturated carbocycles. The summed E-state index contributed by atoms with van der Waals surface area (Å²) in [5, 5.41) is 11.7. The molecule has 0 aliphatic carbocycles. The van der Waals surface area contributed by atoms with Crippen molar-refractivity contribution in [3.63, 3.8) is 0 Å². The Morgan fingerprint density at radius 1 is 1.30 bits per heavy atom. The van der Waals surface area contributed by atoms with E-state index in [0.29, 0.717) is 0 Å². The number of hydrogen-bond donors (Lipinski definition) is 1. The van der Waals surface area contributed by atoms with Gasteiger partial charge in [-0.3, -0.25) is 4.79 Å². The van der Waals surface area contributed by atoms with Crippen molar-refractivity contribution in [3.05, 3.63) is 42.0 Å². The van der Waals surface area contributed by atoms with Crippen molar-refractivity contribution < 1.29 is 4.79 Å². The van der Waals surface area contributed by atoms with Crippen molar-refractivity contribution >= 4 is 11.6 Å². The van der Waals surface area contributed by atoms with Crippen LogP contribution in [0.2, 0.25) is 0 Å². The maximum Gasteiger partial charge on any atom is 0.241 e. The molecule has 1 N–H and O–H groups in total. The highest BCUT2D eigenvalue weighted by Crippen LogP contribution is 2.24. The van der Waals surface area contributed by atoms with Gasteiger partial charge in [-0.05, 0) is 31.5 Å². The number of benzene rings is 1. The predicted molar refractivity (Wildman–Crippen MR) is 79.1 cm³/mol. The van der Waals surface area contributed by atoms with E-state index in [1.165, 1.54) is 0 Å². The molecule has 104 valence electrons. The number of nitrogens with one attached hydrogen (secondary N) is 1. The largest absolute Gasteiger partial charge is 0.372 e. The molecule has 1 aromatic rings. The number of nitriles is 1. The van der Waals surface area contributed by atoms with Gasteiger partial charge in [-0.2, -0.15) is 5.26 Å². The van der Waals surface area contributed by atoms with E-state index in [0.717, 1.165) is 24.3 Å². The second kappa shape index (κ2) is 6.25. The first-order valence-electron chi connectivity index (χ1n) is 6.92. The molecule has 0 aromatic heterocycles. The molecule has 2 rings (SSSR count). The number of amides is 1. The molecule has 1 aliphatic rings. The molecule has 1 aliphatic heterocycles. The van der Waals surface area contributed by atoms with Crippen LogP contribution < -0.4 is 10.2 Å². The lowest BCUT2D eigenvalue weighted by molar-refractivity contribution is -0.123. The highest BCUT2D eigenvalue weighted by Gasteiger charge is 2.23. The molecule has 0 radical (unpaired) electrons. The fourth-order valence-corrected chi connectivity index (χ4v) is 2.40. The van der Waals surface area contributed by atoms with Gasteiger partial charge in [0.05, 0.1) is 12.1 Å². The van der Waals surface area contributed by atoms with Crippen molar-refractivity contribution in [2.24, 2.45) is 5.92 Å². The molecule has 0 bridgehead atoms. The van der Waals surface area contributed by atoms with Gasteiger partial charge in [0, 0.05) is 18.8 Å². The third-order valence-electron chi connectivity index (χ3n) is 3.57. The first-order chi connectivity index (χ1) is 9.69. The number of anilines is 1. The summed E-state index contributed by atoms with van der Waals surface area (Å²) in [6.45, 7) is 6.14. The molecule has 2 unspecified atom stereocenters. The van der Waals surface area contributed by atoms with Gasteiger partial charge in [-0.1, -0.05) is 24.3 Å².